The molecule has 1 aliphatic rings. The van der Waals surface area contributed by atoms with Gasteiger partial charge in [-0.05, 0) is 41.8 Å². The summed E-state index contributed by atoms with van der Waals surface area (Å²) in [6.45, 7) is 0.743. The fraction of sp³-hybridized carbons (Fsp3) is 0.0870. The van der Waals surface area contributed by atoms with E-state index in [2.05, 4.69) is 48.3 Å². The second-order valence-electron chi connectivity index (χ2n) is 7.24. The number of aromatic amines is 2. The standard InChI is InChI=1S/C23H17N7/c1-2-14(10-24-5-1)17-4-7-26-23-19(17)9-21(30-23)22-18-8-20(16-12-28-29-13-16)27-11-15(18)3-6-25-22/h1-2,4-5,7-13H,3,6H2,(H,26,30)(H,28,29). The molecule has 2 N–H and O–H groups in total. The first-order valence-electron chi connectivity index (χ1n) is 9.78. The van der Waals surface area contributed by atoms with Crippen LogP contribution in [0.5, 0.6) is 0 Å². The minimum atomic E-state index is 0.743. The SMILES string of the molecule is c1cncc(-c2ccnc3[nH]c(C4=NCCc5cnc(-c6cn[nH]c6)cc54)cc23)c1. The lowest BCUT2D eigenvalue weighted by atomic mass is 9.96. The molecule has 30 heavy (non-hydrogen) atoms. The van der Waals surface area contributed by atoms with Crippen LogP contribution >= 0.6 is 0 Å². The molecule has 6 rings (SSSR count). The summed E-state index contributed by atoms with van der Waals surface area (Å²) >= 11 is 0. The lowest BCUT2D eigenvalue weighted by Crippen LogP contribution is -2.15. The number of rotatable bonds is 3. The monoisotopic (exact) mass is 391 g/mol. The van der Waals surface area contributed by atoms with Crippen molar-refractivity contribution < 1.29 is 0 Å². The van der Waals surface area contributed by atoms with E-state index in [4.69, 9.17) is 4.99 Å². The van der Waals surface area contributed by atoms with Gasteiger partial charge in [-0.2, -0.15) is 5.10 Å². The largest absolute Gasteiger partial charge is 0.338 e. The number of pyridine rings is 3. The number of aromatic nitrogens is 6. The maximum atomic E-state index is 4.86. The number of H-pyrrole nitrogens is 2. The van der Waals surface area contributed by atoms with Gasteiger partial charge >= 0.3 is 0 Å². The third-order valence-corrected chi connectivity index (χ3v) is 5.45. The summed E-state index contributed by atoms with van der Waals surface area (Å²) in [4.78, 5) is 21.7. The quantitative estimate of drug-likeness (QED) is 0.489. The zero-order valence-corrected chi connectivity index (χ0v) is 16.0. The molecule has 7 heteroatoms. The van der Waals surface area contributed by atoms with E-state index in [9.17, 15) is 0 Å². The molecule has 5 aromatic rings. The van der Waals surface area contributed by atoms with Crippen LogP contribution in [0.1, 0.15) is 16.8 Å². The summed E-state index contributed by atoms with van der Waals surface area (Å²) in [6, 6.07) is 10.3. The average Bonchev–Trinajstić information content (AvgIpc) is 3.49. The molecule has 0 saturated carbocycles. The molecule has 144 valence electrons. The molecule has 7 nitrogen and oxygen atoms in total. The predicted octanol–water partition coefficient (Wildman–Crippen LogP) is 3.80. The number of hydrogen-bond acceptors (Lipinski definition) is 5. The van der Waals surface area contributed by atoms with Gasteiger partial charge in [0.05, 0.1) is 23.3 Å². The molecule has 0 bridgehead atoms. The van der Waals surface area contributed by atoms with Gasteiger partial charge < -0.3 is 4.98 Å². The highest BCUT2D eigenvalue weighted by molar-refractivity contribution is 6.15. The van der Waals surface area contributed by atoms with E-state index in [-0.39, 0.29) is 0 Å². The predicted molar refractivity (Wildman–Crippen MR) is 115 cm³/mol. The van der Waals surface area contributed by atoms with Crippen LogP contribution in [0.15, 0.2) is 72.5 Å². The van der Waals surface area contributed by atoms with Crippen molar-refractivity contribution in [1.29, 1.82) is 0 Å². The van der Waals surface area contributed by atoms with E-state index >= 15 is 0 Å². The minimum Gasteiger partial charge on any atom is -0.338 e. The Hall–Kier alpha value is -4.13. The lowest BCUT2D eigenvalue weighted by molar-refractivity contribution is 0.932. The highest BCUT2D eigenvalue weighted by Crippen LogP contribution is 2.30. The van der Waals surface area contributed by atoms with Gasteiger partial charge in [-0.3, -0.25) is 20.1 Å². The Kier molecular flexibility index (Phi) is 3.77. The van der Waals surface area contributed by atoms with Crippen LogP contribution in [0.25, 0.3) is 33.4 Å². The molecule has 5 aromatic heterocycles. The van der Waals surface area contributed by atoms with Gasteiger partial charge in [-0.15, -0.1) is 0 Å². The third-order valence-electron chi connectivity index (χ3n) is 5.45. The van der Waals surface area contributed by atoms with E-state index in [1.54, 1.807) is 12.4 Å². The van der Waals surface area contributed by atoms with Gasteiger partial charge in [-0.1, -0.05) is 6.07 Å². The second kappa shape index (κ2) is 6.73. The molecule has 1 aliphatic heterocycles. The molecule has 0 radical (unpaired) electrons. The van der Waals surface area contributed by atoms with E-state index in [1.165, 1.54) is 5.56 Å². The summed E-state index contributed by atoms with van der Waals surface area (Å²) in [6.07, 6.45) is 11.9. The second-order valence-corrected chi connectivity index (χ2v) is 7.24. The molecular formula is C23H17N7. The van der Waals surface area contributed by atoms with Crippen molar-refractivity contribution in [3.05, 3.63) is 84.3 Å². The van der Waals surface area contributed by atoms with Gasteiger partial charge in [0.1, 0.15) is 5.65 Å². The zero-order valence-electron chi connectivity index (χ0n) is 16.0. The van der Waals surface area contributed by atoms with Gasteiger partial charge in [0.25, 0.3) is 0 Å². The molecule has 0 unspecified atom stereocenters. The Morgan fingerprint density at radius 3 is 2.77 bits per heavy atom. The van der Waals surface area contributed by atoms with Crippen molar-refractivity contribution in [2.45, 2.75) is 6.42 Å². The normalized spacial score (nSPS) is 13.3. The molecule has 0 amide bonds. The number of fused-ring (bicyclic) bond motifs is 2. The van der Waals surface area contributed by atoms with Gasteiger partial charge in [-0.25, -0.2) is 4.98 Å². The Bertz CT molecular complexity index is 1380. The van der Waals surface area contributed by atoms with Crippen LogP contribution in [0.3, 0.4) is 0 Å². The van der Waals surface area contributed by atoms with Crippen molar-refractivity contribution in [2.24, 2.45) is 4.99 Å². The summed E-state index contributed by atoms with van der Waals surface area (Å²) in [5.74, 6) is 0. The number of aliphatic imine (C=N–C) groups is 1. The Morgan fingerprint density at radius 2 is 1.90 bits per heavy atom. The van der Waals surface area contributed by atoms with Gasteiger partial charge in [0.15, 0.2) is 0 Å². The fourth-order valence-corrected chi connectivity index (χ4v) is 3.98. The summed E-state index contributed by atoms with van der Waals surface area (Å²) in [5, 5.41) is 7.95. The van der Waals surface area contributed by atoms with Crippen molar-refractivity contribution >= 4 is 16.7 Å². The molecule has 0 aromatic carbocycles. The Balaban J connectivity index is 1.49. The first-order valence-corrected chi connectivity index (χ1v) is 9.78. The Morgan fingerprint density at radius 1 is 0.900 bits per heavy atom. The van der Waals surface area contributed by atoms with Crippen molar-refractivity contribution in [1.82, 2.24) is 30.1 Å². The van der Waals surface area contributed by atoms with Crippen LogP contribution in [-0.4, -0.2) is 42.4 Å². The topological polar surface area (TPSA) is 95.5 Å². The third kappa shape index (κ3) is 2.71. The van der Waals surface area contributed by atoms with Crippen LogP contribution in [0, 0.1) is 0 Å². The van der Waals surface area contributed by atoms with E-state index in [0.29, 0.717) is 0 Å². The molecule has 0 atom stereocenters. The van der Waals surface area contributed by atoms with Crippen molar-refractivity contribution in [3.63, 3.8) is 0 Å². The first kappa shape index (κ1) is 16.8. The smallest absolute Gasteiger partial charge is 0.138 e. The average molecular weight is 391 g/mol. The minimum absolute atomic E-state index is 0.743. The summed E-state index contributed by atoms with van der Waals surface area (Å²) in [7, 11) is 0. The van der Waals surface area contributed by atoms with Gasteiger partial charge in [0, 0.05) is 59.6 Å². The molecular weight excluding hydrogens is 374 g/mol. The van der Waals surface area contributed by atoms with Crippen LogP contribution in [0.4, 0.5) is 0 Å². The lowest BCUT2D eigenvalue weighted by Gasteiger charge is -2.16. The fourth-order valence-electron chi connectivity index (χ4n) is 3.98. The molecule has 0 fully saturated rings. The highest BCUT2D eigenvalue weighted by Gasteiger charge is 2.20. The van der Waals surface area contributed by atoms with Gasteiger partial charge in [0.2, 0.25) is 0 Å². The maximum Gasteiger partial charge on any atom is 0.138 e. The van der Waals surface area contributed by atoms with Crippen LogP contribution in [0.2, 0.25) is 0 Å². The maximum absolute atomic E-state index is 4.86. The molecule has 0 aliphatic carbocycles. The van der Waals surface area contributed by atoms with E-state index < -0.39 is 0 Å². The highest BCUT2D eigenvalue weighted by atomic mass is 15.1. The molecule has 0 saturated heterocycles. The summed E-state index contributed by atoms with van der Waals surface area (Å²) < 4.78 is 0. The first-order chi connectivity index (χ1) is 14.9. The van der Waals surface area contributed by atoms with E-state index in [0.717, 1.165) is 63.4 Å². The number of nitrogens with one attached hydrogen (secondary N) is 2. The zero-order chi connectivity index (χ0) is 19.9. The van der Waals surface area contributed by atoms with E-state index in [1.807, 2.05) is 36.9 Å². The number of nitrogens with zero attached hydrogens (tertiary/aromatic N) is 5. The molecule has 0 spiro atoms. The van der Waals surface area contributed by atoms with Crippen molar-refractivity contribution in [3.8, 4) is 22.4 Å². The summed E-state index contributed by atoms with van der Waals surface area (Å²) in [5.41, 5.74) is 9.03. The van der Waals surface area contributed by atoms with Crippen molar-refractivity contribution in [2.75, 3.05) is 6.54 Å². The van der Waals surface area contributed by atoms with Crippen LogP contribution < -0.4 is 0 Å². The number of hydrogen-bond donors (Lipinski definition) is 2. The van der Waals surface area contributed by atoms with Crippen LogP contribution in [-0.2, 0) is 6.42 Å². The Labute approximate surface area is 172 Å². The molecule has 6 heterocycles.